The second-order valence-electron chi connectivity index (χ2n) is 3.49. The summed E-state index contributed by atoms with van der Waals surface area (Å²) in [6.45, 7) is 0.233. The largest absolute Gasteiger partial charge is 0.485 e. The van der Waals surface area contributed by atoms with Crippen molar-refractivity contribution in [3.8, 4) is 5.75 Å². The number of benzene rings is 1. The molecule has 0 unspecified atom stereocenters. The molecule has 0 radical (unpaired) electrons. The van der Waals surface area contributed by atoms with Gasteiger partial charge in [-0.25, -0.2) is 0 Å². The Hall–Kier alpha value is -2.43. The average Bonchev–Trinajstić information content (AvgIpc) is 2.80. The fraction of sp³-hybridized carbons (Fsp3) is 0.0833. The molecule has 0 aliphatic carbocycles. The standard InChI is InChI=1S/C12H12N2O3/c13-8-3-4-11(10(6-8)12(14)15)17-7-9-2-1-5-16-9/h1-6H,7,13H2,(H2,14,15). The Morgan fingerprint density at radius 2 is 2.18 bits per heavy atom. The van der Waals surface area contributed by atoms with Crippen LogP contribution in [0.4, 0.5) is 5.69 Å². The van der Waals surface area contributed by atoms with Gasteiger partial charge in [-0.05, 0) is 30.3 Å². The number of primary amides is 1. The van der Waals surface area contributed by atoms with E-state index in [1.807, 2.05) is 0 Å². The predicted molar refractivity (Wildman–Crippen MR) is 62.4 cm³/mol. The van der Waals surface area contributed by atoms with Crippen LogP contribution in [0.1, 0.15) is 16.1 Å². The summed E-state index contributed by atoms with van der Waals surface area (Å²) in [5.74, 6) is 0.479. The smallest absolute Gasteiger partial charge is 0.252 e. The molecule has 17 heavy (non-hydrogen) atoms. The van der Waals surface area contributed by atoms with Crippen molar-refractivity contribution in [2.45, 2.75) is 6.61 Å². The first-order valence-corrected chi connectivity index (χ1v) is 5.01. The molecule has 0 spiro atoms. The van der Waals surface area contributed by atoms with Crippen LogP contribution >= 0.6 is 0 Å². The SMILES string of the molecule is NC(=O)c1cc(N)ccc1OCc1ccco1. The number of amides is 1. The molecule has 1 amide bonds. The molecule has 0 aliphatic rings. The summed E-state index contributed by atoms with van der Waals surface area (Å²) in [5.41, 5.74) is 11.5. The lowest BCUT2D eigenvalue weighted by Crippen LogP contribution is -2.13. The summed E-state index contributed by atoms with van der Waals surface area (Å²) in [5, 5.41) is 0. The van der Waals surface area contributed by atoms with E-state index in [9.17, 15) is 4.79 Å². The molecule has 1 aromatic carbocycles. The van der Waals surface area contributed by atoms with E-state index in [2.05, 4.69) is 0 Å². The third-order valence-electron chi connectivity index (χ3n) is 2.22. The van der Waals surface area contributed by atoms with Crippen LogP contribution in [0, 0.1) is 0 Å². The summed E-state index contributed by atoms with van der Waals surface area (Å²) >= 11 is 0. The maximum atomic E-state index is 11.2. The molecule has 0 aliphatic heterocycles. The zero-order chi connectivity index (χ0) is 12.3. The van der Waals surface area contributed by atoms with Crippen LogP contribution in [0.5, 0.6) is 5.75 Å². The number of rotatable bonds is 4. The van der Waals surface area contributed by atoms with Crippen molar-refractivity contribution in [1.82, 2.24) is 0 Å². The summed E-state index contributed by atoms with van der Waals surface area (Å²) in [6, 6.07) is 8.28. The van der Waals surface area contributed by atoms with E-state index >= 15 is 0 Å². The molecule has 88 valence electrons. The number of nitrogens with two attached hydrogens (primary N) is 2. The molecule has 0 saturated carbocycles. The van der Waals surface area contributed by atoms with Gasteiger partial charge in [0.2, 0.25) is 0 Å². The minimum atomic E-state index is -0.577. The molecule has 0 saturated heterocycles. The molecule has 0 bridgehead atoms. The van der Waals surface area contributed by atoms with Crippen LogP contribution in [0.2, 0.25) is 0 Å². The maximum absolute atomic E-state index is 11.2. The summed E-state index contributed by atoms with van der Waals surface area (Å²) in [6.07, 6.45) is 1.55. The van der Waals surface area contributed by atoms with Gasteiger partial charge in [-0.1, -0.05) is 0 Å². The number of carbonyl (C=O) groups is 1. The highest BCUT2D eigenvalue weighted by Gasteiger charge is 2.10. The van der Waals surface area contributed by atoms with Gasteiger partial charge in [-0.15, -0.1) is 0 Å². The third kappa shape index (κ3) is 2.57. The van der Waals surface area contributed by atoms with Gasteiger partial charge in [0.25, 0.3) is 5.91 Å². The van der Waals surface area contributed by atoms with Crippen LogP contribution in [0.15, 0.2) is 41.0 Å². The number of carbonyl (C=O) groups excluding carboxylic acids is 1. The monoisotopic (exact) mass is 232 g/mol. The first-order chi connectivity index (χ1) is 8.16. The zero-order valence-corrected chi connectivity index (χ0v) is 9.05. The molecule has 0 fully saturated rings. The van der Waals surface area contributed by atoms with Gasteiger partial charge in [-0.2, -0.15) is 0 Å². The number of nitrogen functional groups attached to an aromatic ring is 1. The fourth-order valence-corrected chi connectivity index (χ4v) is 1.41. The minimum Gasteiger partial charge on any atom is -0.485 e. The molecule has 0 atom stereocenters. The van der Waals surface area contributed by atoms with Gasteiger partial charge in [-0.3, -0.25) is 4.79 Å². The number of hydrogen-bond acceptors (Lipinski definition) is 4. The minimum absolute atomic E-state index is 0.233. The summed E-state index contributed by atoms with van der Waals surface area (Å²) in [4.78, 5) is 11.2. The second kappa shape index (κ2) is 4.61. The third-order valence-corrected chi connectivity index (χ3v) is 2.22. The van der Waals surface area contributed by atoms with E-state index in [0.29, 0.717) is 17.2 Å². The Labute approximate surface area is 98.0 Å². The first-order valence-electron chi connectivity index (χ1n) is 5.01. The van der Waals surface area contributed by atoms with Crippen molar-refractivity contribution in [3.05, 3.63) is 47.9 Å². The lowest BCUT2D eigenvalue weighted by molar-refractivity contribution is 0.0995. The highest BCUT2D eigenvalue weighted by atomic mass is 16.5. The van der Waals surface area contributed by atoms with Crippen LogP contribution in [-0.4, -0.2) is 5.91 Å². The van der Waals surface area contributed by atoms with Gasteiger partial charge in [0, 0.05) is 5.69 Å². The van der Waals surface area contributed by atoms with Crippen LogP contribution in [0.3, 0.4) is 0 Å². The maximum Gasteiger partial charge on any atom is 0.252 e. The Morgan fingerprint density at radius 3 is 2.82 bits per heavy atom. The van der Waals surface area contributed by atoms with Crippen molar-refractivity contribution < 1.29 is 13.9 Å². The van der Waals surface area contributed by atoms with Crippen molar-refractivity contribution >= 4 is 11.6 Å². The van der Waals surface area contributed by atoms with Gasteiger partial charge in [0.05, 0.1) is 11.8 Å². The molecule has 2 aromatic rings. The molecule has 5 nitrogen and oxygen atoms in total. The molecule has 2 rings (SSSR count). The van der Waals surface area contributed by atoms with Gasteiger partial charge < -0.3 is 20.6 Å². The molecule has 1 heterocycles. The van der Waals surface area contributed by atoms with Crippen molar-refractivity contribution in [2.24, 2.45) is 5.73 Å². The number of hydrogen-bond donors (Lipinski definition) is 2. The Kier molecular flexibility index (Phi) is 3.00. The van der Waals surface area contributed by atoms with Crippen molar-refractivity contribution in [2.75, 3.05) is 5.73 Å². The summed E-state index contributed by atoms with van der Waals surface area (Å²) < 4.78 is 10.6. The van der Waals surface area contributed by atoms with Gasteiger partial charge in [0.1, 0.15) is 18.1 Å². The van der Waals surface area contributed by atoms with E-state index in [4.69, 9.17) is 20.6 Å². The quantitative estimate of drug-likeness (QED) is 0.782. The van der Waals surface area contributed by atoms with E-state index in [1.54, 1.807) is 30.5 Å². The zero-order valence-electron chi connectivity index (χ0n) is 9.05. The molecule has 1 aromatic heterocycles. The predicted octanol–water partition coefficient (Wildman–Crippen LogP) is 1.54. The number of anilines is 1. The van der Waals surface area contributed by atoms with Crippen molar-refractivity contribution in [3.63, 3.8) is 0 Å². The van der Waals surface area contributed by atoms with E-state index in [1.165, 1.54) is 6.07 Å². The van der Waals surface area contributed by atoms with Crippen molar-refractivity contribution in [1.29, 1.82) is 0 Å². The van der Waals surface area contributed by atoms with Gasteiger partial charge in [0.15, 0.2) is 0 Å². The second-order valence-corrected chi connectivity index (χ2v) is 3.49. The lowest BCUT2D eigenvalue weighted by atomic mass is 10.1. The molecule has 5 heteroatoms. The molecule has 4 N–H and O–H groups in total. The van der Waals surface area contributed by atoms with E-state index in [-0.39, 0.29) is 12.2 Å². The van der Waals surface area contributed by atoms with E-state index < -0.39 is 5.91 Å². The fourth-order valence-electron chi connectivity index (χ4n) is 1.41. The normalized spacial score (nSPS) is 10.1. The summed E-state index contributed by atoms with van der Waals surface area (Å²) in [7, 11) is 0. The Morgan fingerprint density at radius 1 is 1.35 bits per heavy atom. The highest BCUT2D eigenvalue weighted by Crippen LogP contribution is 2.22. The Bertz CT molecular complexity index is 521. The molecular formula is C12H12N2O3. The van der Waals surface area contributed by atoms with Crippen LogP contribution < -0.4 is 16.2 Å². The number of ether oxygens (including phenoxy) is 1. The van der Waals surface area contributed by atoms with Gasteiger partial charge >= 0.3 is 0 Å². The lowest BCUT2D eigenvalue weighted by Gasteiger charge is -2.08. The number of furan rings is 1. The topological polar surface area (TPSA) is 91.5 Å². The van der Waals surface area contributed by atoms with Crippen LogP contribution in [0.25, 0.3) is 0 Å². The first kappa shape index (κ1) is 11.1. The highest BCUT2D eigenvalue weighted by molar-refractivity contribution is 5.96. The average molecular weight is 232 g/mol. The van der Waals surface area contributed by atoms with E-state index in [0.717, 1.165) is 0 Å². The van der Waals surface area contributed by atoms with Crippen LogP contribution in [-0.2, 0) is 6.61 Å². The molecular weight excluding hydrogens is 220 g/mol. The Balaban J connectivity index is 2.17.